The highest BCUT2D eigenvalue weighted by Gasteiger charge is 2.35. The number of nitrogens with zero attached hydrogens (tertiary/aromatic N) is 1. The van der Waals surface area contributed by atoms with Crippen LogP contribution in [-0.4, -0.2) is 60.5 Å². The summed E-state index contributed by atoms with van der Waals surface area (Å²) in [5, 5.41) is 12.9. The fraction of sp³-hybridized carbons (Fsp3) is 1.00. The first-order valence-electron chi connectivity index (χ1n) is 6.12. The normalized spacial score (nSPS) is 25.3. The van der Waals surface area contributed by atoms with E-state index in [1.807, 2.05) is 0 Å². The Labute approximate surface area is 99.0 Å². The molecular weight excluding hydrogens is 204 g/mol. The maximum Gasteiger partial charge on any atom is 0.0645 e. The first-order valence-corrected chi connectivity index (χ1v) is 6.12. The van der Waals surface area contributed by atoms with Gasteiger partial charge in [0.25, 0.3) is 0 Å². The van der Waals surface area contributed by atoms with E-state index in [1.165, 1.54) is 0 Å². The van der Waals surface area contributed by atoms with Crippen molar-refractivity contribution in [3.63, 3.8) is 0 Å². The lowest BCUT2D eigenvalue weighted by atomic mass is 9.96. The predicted octanol–water partition coefficient (Wildman–Crippen LogP) is 0.458. The topological polar surface area (TPSA) is 44.7 Å². The summed E-state index contributed by atoms with van der Waals surface area (Å²) >= 11 is 0. The van der Waals surface area contributed by atoms with Gasteiger partial charge in [0.05, 0.1) is 25.4 Å². The zero-order chi connectivity index (χ0) is 12.2. The van der Waals surface area contributed by atoms with Gasteiger partial charge in [-0.25, -0.2) is 0 Å². The molecule has 4 nitrogen and oxygen atoms in total. The molecule has 2 N–H and O–H groups in total. The lowest BCUT2D eigenvalue weighted by Crippen LogP contribution is -2.61. The Morgan fingerprint density at radius 2 is 2.19 bits per heavy atom. The van der Waals surface area contributed by atoms with Crippen molar-refractivity contribution in [2.75, 3.05) is 39.5 Å². The van der Waals surface area contributed by atoms with E-state index in [2.05, 4.69) is 37.9 Å². The molecule has 1 rings (SSSR count). The van der Waals surface area contributed by atoms with E-state index in [0.29, 0.717) is 0 Å². The number of likely N-dealkylation sites (N-methyl/N-ethyl adjacent to an activating group) is 1. The Bertz CT molecular complexity index is 221. The van der Waals surface area contributed by atoms with Crippen LogP contribution in [0, 0.1) is 0 Å². The summed E-state index contributed by atoms with van der Waals surface area (Å²) in [6, 6.07) is 0. The molecule has 1 saturated heterocycles. The second-order valence-corrected chi connectivity index (χ2v) is 5.54. The van der Waals surface area contributed by atoms with Crippen molar-refractivity contribution in [1.29, 1.82) is 0 Å². The molecule has 0 amide bonds. The Morgan fingerprint density at radius 1 is 1.50 bits per heavy atom. The molecule has 0 aromatic heterocycles. The third-order valence-electron chi connectivity index (χ3n) is 3.31. The molecule has 0 radical (unpaired) electrons. The molecule has 1 heterocycles. The molecule has 16 heavy (non-hydrogen) atoms. The standard InChI is InChI=1S/C12H26N2O2/c1-5-13-12(4,9-15)8-14-6-7-16-10-11(14,2)3/h13,15H,5-10H2,1-4H3. The van der Waals surface area contributed by atoms with Gasteiger partial charge < -0.3 is 15.2 Å². The fourth-order valence-corrected chi connectivity index (χ4v) is 2.19. The lowest BCUT2D eigenvalue weighted by Gasteiger charge is -2.46. The van der Waals surface area contributed by atoms with Crippen LogP contribution in [0.25, 0.3) is 0 Å². The summed E-state index contributed by atoms with van der Waals surface area (Å²) in [6.07, 6.45) is 0. The third-order valence-corrected chi connectivity index (χ3v) is 3.31. The Hall–Kier alpha value is -0.160. The molecule has 0 saturated carbocycles. The Morgan fingerprint density at radius 3 is 2.69 bits per heavy atom. The van der Waals surface area contributed by atoms with Crippen molar-refractivity contribution in [1.82, 2.24) is 10.2 Å². The van der Waals surface area contributed by atoms with Crippen molar-refractivity contribution in [3.05, 3.63) is 0 Å². The van der Waals surface area contributed by atoms with E-state index in [0.717, 1.165) is 32.8 Å². The maximum atomic E-state index is 9.50. The number of morpholine rings is 1. The van der Waals surface area contributed by atoms with Gasteiger partial charge in [-0.3, -0.25) is 4.90 Å². The summed E-state index contributed by atoms with van der Waals surface area (Å²) in [6.45, 7) is 12.9. The minimum atomic E-state index is -0.219. The molecule has 1 aliphatic rings. The summed E-state index contributed by atoms with van der Waals surface area (Å²) in [4.78, 5) is 2.40. The molecule has 0 spiro atoms. The van der Waals surface area contributed by atoms with E-state index in [1.54, 1.807) is 0 Å². The zero-order valence-corrected chi connectivity index (χ0v) is 11.0. The van der Waals surface area contributed by atoms with Gasteiger partial charge in [-0.1, -0.05) is 6.92 Å². The van der Waals surface area contributed by atoms with Crippen LogP contribution < -0.4 is 5.32 Å². The molecule has 0 aromatic carbocycles. The van der Waals surface area contributed by atoms with Crippen LogP contribution in [0.5, 0.6) is 0 Å². The summed E-state index contributed by atoms with van der Waals surface area (Å²) in [5.41, 5.74) is -0.159. The van der Waals surface area contributed by atoms with Crippen molar-refractivity contribution >= 4 is 0 Å². The number of ether oxygens (including phenoxy) is 1. The lowest BCUT2D eigenvalue weighted by molar-refractivity contribution is -0.0647. The molecule has 1 unspecified atom stereocenters. The average Bonchev–Trinajstić information content (AvgIpc) is 2.22. The van der Waals surface area contributed by atoms with Crippen molar-refractivity contribution in [2.24, 2.45) is 0 Å². The molecule has 1 fully saturated rings. The van der Waals surface area contributed by atoms with Crippen LogP contribution in [0.4, 0.5) is 0 Å². The van der Waals surface area contributed by atoms with Gasteiger partial charge in [0.1, 0.15) is 0 Å². The number of rotatable bonds is 5. The van der Waals surface area contributed by atoms with Crippen LogP contribution in [0.1, 0.15) is 27.7 Å². The van der Waals surface area contributed by atoms with Gasteiger partial charge in [-0.2, -0.15) is 0 Å². The number of aliphatic hydroxyl groups is 1. The van der Waals surface area contributed by atoms with Crippen LogP contribution in [-0.2, 0) is 4.74 Å². The van der Waals surface area contributed by atoms with Crippen LogP contribution >= 0.6 is 0 Å². The Balaban J connectivity index is 2.62. The predicted molar refractivity (Wildman–Crippen MR) is 65.6 cm³/mol. The van der Waals surface area contributed by atoms with Crippen LogP contribution in [0.2, 0.25) is 0 Å². The molecular formula is C12H26N2O2. The largest absolute Gasteiger partial charge is 0.394 e. The van der Waals surface area contributed by atoms with E-state index in [9.17, 15) is 5.11 Å². The molecule has 4 heteroatoms. The van der Waals surface area contributed by atoms with E-state index in [4.69, 9.17) is 4.74 Å². The number of aliphatic hydroxyl groups excluding tert-OH is 1. The molecule has 1 aliphatic heterocycles. The van der Waals surface area contributed by atoms with Crippen LogP contribution in [0.3, 0.4) is 0 Å². The minimum Gasteiger partial charge on any atom is -0.394 e. The average molecular weight is 230 g/mol. The fourth-order valence-electron chi connectivity index (χ4n) is 2.19. The SMILES string of the molecule is CCNC(C)(CO)CN1CCOCC1(C)C. The highest BCUT2D eigenvalue weighted by Crippen LogP contribution is 2.21. The van der Waals surface area contributed by atoms with E-state index < -0.39 is 0 Å². The summed E-state index contributed by atoms with van der Waals surface area (Å²) in [7, 11) is 0. The third kappa shape index (κ3) is 3.42. The van der Waals surface area contributed by atoms with Gasteiger partial charge in [0.15, 0.2) is 0 Å². The highest BCUT2D eigenvalue weighted by molar-refractivity contribution is 4.92. The molecule has 0 aliphatic carbocycles. The second-order valence-electron chi connectivity index (χ2n) is 5.54. The van der Waals surface area contributed by atoms with Gasteiger partial charge in [0.2, 0.25) is 0 Å². The maximum absolute atomic E-state index is 9.50. The quantitative estimate of drug-likeness (QED) is 0.720. The monoisotopic (exact) mass is 230 g/mol. The number of hydrogen-bond acceptors (Lipinski definition) is 4. The van der Waals surface area contributed by atoms with E-state index >= 15 is 0 Å². The first-order chi connectivity index (χ1) is 7.43. The van der Waals surface area contributed by atoms with Gasteiger partial charge >= 0.3 is 0 Å². The second kappa shape index (κ2) is 5.45. The van der Waals surface area contributed by atoms with E-state index in [-0.39, 0.29) is 17.7 Å². The summed E-state index contributed by atoms with van der Waals surface area (Å²) in [5.74, 6) is 0. The molecule has 1 atom stereocenters. The molecule has 96 valence electrons. The van der Waals surface area contributed by atoms with Gasteiger partial charge in [-0.05, 0) is 27.3 Å². The molecule has 0 bridgehead atoms. The van der Waals surface area contributed by atoms with Gasteiger partial charge in [0, 0.05) is 18.6 Å². The highest BCUT2D eigenvalue weighted by atomic mass is 16.5. The zero-order valence-electron chi connectivity index (χ0n) is 11.0. The number of hydrogen-bond donors (Lipinski definition) is 2. The first kappa shape index (κ1) is 13.9. The van der Waals surface area contributed by atoms with Crippen molar-refractivity contribution in [3.8, 4) is 0 Å². The minimum absolute atomic E-state index is 0.0596. The Kier molecular flexibility index (Phi) is 4.73. The smallest absolute Gasteiger partial charge is 0.0645 e. The summed E-state index contributed by atoms with van der Waals surface area (Å²) < 4.78 is 5.50. The van der Waals surface area contributed by atoms with Crippen LogP contribution in [0.15, 0.2) is 0 Å². The van der Waals surface area contributed by atoms with Crippen molar-refractivity contribution in [2.45, 2.75) is 38.8 Å². The van der Waals surface area contributed by atoms with Gasteiger partial charge in [-0.15, -0.1) is 0 Å². The number of nitrogens with one attached hydrogen (secondary N) is 1. The van der Waals surface area contributed by atoms with Crippen molar-refractivity contribution < 1.29 is 9.84 Å². The molecule has 0 aromatic rings.